The zero-order valence-electron chi connectivity index (χ0n) is 19.6. The molecule has 0 aromatic rings. The summed E-state index contributed by atoms with van der Waals surface area (Å²) in [6, 6.07) is 0. The minimum Gasteiger partial charge on any atom is -0.363 e. The van der Waals surface area contributed by atoms with E-state index in [2.05, 4.69) is 27.7 Å². The minimum absolute atomic E-state index is 0.192. The van der Waals surface area contributed by atoms with Crippen molar-refractivity contribution in [1.29, 1.82) is 0 Å². The van der Waals surface area contributed by atoms with Gasteiger partial charge in [0.1, 0.15) is 6.10 Å². The predicted octanol–water partition coefficient (Wildman–Crippen LogP) is 5.81. The summed E-state index contributed by atoms with van der Waals surface area (Å²) in [6.45, 7) is 10.9. The molecule has 4 aliphatic carbocycles. The fraction of sp³-hybridized carbons (Fsp3) is 1.00. The summed E-state index contributed by atoms with van der Waals surface area (Å²) >= 11 is 0. The fourth-order valence-electron chi connectivity index (χ4n) is 10.7. The lowest BCUT2D eigenvalue weighted by Gasteiger charge is -2.61. The van der Waals surface area contributed by atoms with Crippen LogP contribution in [0, 0.1) is 52.3 Å². The van der Waals surface area contributed by atoms with Crippen LogP contribution in [-0.2, 0) is 14.2 Å². The summed E-state index contributed by atoms with van der Waals surface area (Å²) in [5.41, 5.74) is 1.06. The highest BCUT2D eigenvalue weighted by Crippen LogP contribution is 2.72. The van der Waals surface area contributed by atoms with Gasteiger partial charge in [0.05, 0.1) is 18.8 Å². The summed E-state index contributed by atoms with van der Waals surface area (Å²) in [6.07, 6.45) is 14.1. The van der Waals surface area contributed by atoms with Crippen molar-refractivity contribution >= 4 is 0 Å². The molecule has 13 atom stereocenters. The first kappa shape index (κ1) is 19.4. The number of epoxide rings is 1. The van der Waals surface area contributed by atoms with Gasteiger partial charge in [-0.15, -0.1) is 0 Å². The van der Waals surface area contributed by atoms with Crippen molar-refractivity contribution < 1.29 is 14.2 Å². The van der Waals surface area contributed by atoms with Crippen molar-refractivity contribution in [1.82, 2.24) is 0 Å². The molecular formula is C27H42O3. The number of rotatable bonds is 0. The van der Waals surface area contributed by atoms with Crippen molar-refractivity contribution in [3.05, 3.63) is 0 Å². The van der Waals surface area contributed by atoms with Gasteiger partial charge in [0.2, 0.25) is 5.79 Å². The average Bonchev–Trinajstić information content (AvgIpc) is 3.42. The first-order valence-electron chi connectivity index (χ1n) is 13.4. The van der Waals surface area contributed by atoms with Crippen LogP contribution < -0.4 is 0 Å². The van der Waals surface area contributed by atoms with Crippen LogP contribution in [0.1, 0.15) is 85.5 Å². The van der Waals surface area contributed by atoms with Crippen LogP contribution in [0.2, 0.25) is 0 Å². The monoisotopic (exact) mass is 414 g/mol. The van der Waals surface area contributed by atoms with Crippen molar-refractivity contribution in [3.8, 4) is 0 Å². The second kappa shape index (κ2) is 6.06. The van der Waals surface area contributed by atoms with E-state index in [1.807, 2.05) is 0 Å². The number of hydrogen-bond acceptors (Lipinski definition) is 3. The Morgan fingerprint density at radius 2 is 1.73 bits per heavy atom. The van der Waals surface area contributed by atoms with Crippen LogP contribution in [0.15, 0.2) is 0 Å². The molecule has 0 N–H and O–H groups in total. The van der Waals surface area contributed by atoms with E-state index in [4.69, 9.17) is 14.2 Å². The molecule has 3 heterocycles. The Hall–Kier alpha value is -0.120. The molecule has 7 aliphatic rings. The quantitative estimate of drug-likeness (QED) is 0.469. The largest absolute Gasteiger partial charge is 0.363 e. The zero-order valence-corrected chi connectivity index (χ0v) is 19.6. The Bertz CT molecular complexity index is 738. The van der Waals surface area contributed by atoms with E-state index in [9.17, 15) is 0 Å². The van der Waals surface area contributed by atoms with Gasteiger partial charge in [0.25, 0.3) is 0 Å². The Labute approximate surface area is 183 Å². The van der Waals surface area contributed by atoms with Crippen LogP contribution in [0.3, 0.4) is 0 Å². The Morgan fingerprint density at radius 3 is 2.60 bits per heavy atom. The molecule has 1 unspecified atom stereocenters. The third kappa shape index (κ3) is 2.19. The van der Waals surface area contributed by atoms with Crippen LogP contribution >= 0.6 is 0 Å². The maximum Gasteiger partial charge on any atom is 0.200 e. The molecule has 3 nitrogen and oxygen atoms in total. The third-order valence-electron chi connectivity index (χ3n) is 12.2. The first-order chi connectivity index (χ1) is 14.4. The maximum absolute atomic E-state index is 6.95. The number of ether oxygens (including phenoxy) is 3. The molecule has 168 valence electrons. The SMILES string of the molecule is C[C@H]1CO[C@@]2(O[C@H]3C[C@H]4[C@@H]5CC[C@H]6CCCC[C@]6(C)[C@H]5CC[C@]4(C)[C@H]3[C@@H]2C)C2O[C@H]21. The molecule has 3 saturated heterocycles. The first-order valence-corrected chi connectivity index (χ1v) is 13.4. The highest BCUT2D eigenvalue weighted by molar-refractivity contribution is 5.18. The van der Waals surface area contributed by atoms with Crippen LogP contribution in [0.4, 0.5) is 0 Å². The van der Waals surface area contributed by atoms with E-state index in [0.717, 1.165) is 30.3 Å². The summed E-state index contributed by atoms with van der Waals surface area (Å²) in [5.74, 6) is 4.98. The average molecular weight is 415 g/mol. The minimum atomic E-state index is -0.440. The van der Waals surface area contributed by atoms with Gasteiger partial charge in [-0.25, -0.2) is 0 Å². The Morgan fingerprint density at radius 1 is 0.867 bits per heavy atom. The molecule has 0 aromatic carbocycles. The number of hydrogen-bond donors (Lipinski definition) is 0. The van der Waals surface area contributed by atoms with Crippen molar-refractivity contribution in [2.24, 2.45) is 52.3 Å². The van der Waals surface area contributed by atoms with E-state index < -0.39 is 5.79 Å². The van der Waals surface area contributed by atoms with Crippen molar-refractivity contribution in [2.75, 3.05) is 6.61 Å². The van der Waals surface area contributed by atoms with E-state index in [1.165, 1.54) is 57.8 Å². The summed E-state index contributed by atoms with van der Waals surface area (Å²) < 4.78 is 19.6. The zero-order chi connectivity index (χ0) is 20.5. The van der Waals surface area contributed by atoms with Crippen LogP contribution in [0.5, 0.6) is 0 Å². The highest BCUT2D eigenvalue weighted by Gasteiger charge is 2.74. The molecule has 7 fully saturated rings. The molecule has 0 aromatic heterocycles. The molecule has 0 bridgehead atoms. The van der Waals surface area contributed by atoms with Gasteiger partial charge in [0, 0.05) is 11.8 Å². The van der Waals surface area contributed by atoms with E-state index in [0.29, 0.717) is 40.8 Å². The van der Waals surface area contributed by atoms with Gasteiger partial charge in [-0.3, -0.25) is 0 Å². The molecule has 3 heteroatoms. The third-order valence-corrected chi connectivity index (χ3v) is 12.2. The molecular weight excluding hydrogens is 372 g/mol. The van der Waals surface area contributed by atoms with Gasteiger partial charge in [-0.1, -0.05) is 40.5 Å². The van der Waals surface area contributed by atoms with E-state index >= 15 is 0 Å². The Balaban J connectivity index is 1.18. The maximum atomic E-state index is 6.95. The van der Waals surface area contributed by atoms with Gasteiger partial charge in [0.15, 0.2) is 0 Å². The smallest absolute Gasteiger partial charge is 0.200 e. The van der Waals surface area contributed by atoms with Crippen LogP contribution in [0.25, 0.3) is 0 Å². The van der Waals surface area contributed by atoms with Gasteiger partial charge in [-0.2, -0.15) is 0 Å². The van der Waals surface area contributed by atoms with Gasteiger partial charge < -0.3 is 14.2 Å². The fourth-order valence-corrected chi connectivity index (χ4v) is 10.7. The van der Waals surface area contributed by atoms with E-state index in [1.54, 1.807) is 0 Å². The lowest BCUT2D eigenvalue weighted by Crippen LogP contribution is -2.55. The molecule has 3 aliphatic heterocycles. The summed E-state index contributed by atoms with van der Waals surface area (Å²) in [7, 11) is 0. The Kier molecular flexibility index (Phi) is 3.91. The number of fused-ring (bicyclic) bond motifs is 9. The molecule has 7 rings (SSSR count). The topological polar surface area (TPSA) is 31.0 Å². The van der Waals surface area contributed by atoms with Gasteiger partial charge in [-0.05, 0) is 85.4 Å². The summed E-state index contributed by atoms with van der Waals surface area (Å²) in [5, 5.41) is 0. The standard InChI is InChI=1S/C27H42O3/c1-15-14-28-27(24-23(15)29-24)16(2)22-21(30-27)13-20-18-9-8-17-7-5-6-11-25(17,3)19(18)10-12-26(20,22)4/h15-24H,5-14H2,1-4H3/t15-,16-,17+,18+,19-,20-,21-,22-,23-,24?,25-,26-,27-/m0/s1. The molecule has 30 heavy (non-hydrogen) atoms. The lowest BCUT2D eigenvalue weighted by molar-refractivity contribution is -0.268. The van der Waals surface area contributed by atoms with Gasteiger partial charge >= 0.3 is 0 Å². The second-order valence-electron chi connectivity index (χ2n) is 13.2. The van der Waals surface area contributed by atoms with Crippen molar-refractivity contribution in [3.63, 3.8) is 0 Å². The molecule has 1 spiro atoms. The molecule has 0 radical (unpaired) electrons. The second-order valence-corrected chi connectivity index (χ2v) is 13.2. The van der Waals surface area contributed by atoms with Crippen molar-refractivity contribution in [2.45, 2.75) is 110 Å². The predicted molar refractivity (Wildman–Crippen MR) is 116 cm³/mol. The van der Waals surface area contributed by atoms with E-state index in [-0.39, 0.29) is 6.10 Å². The summed E-state index contributed by atoms with van der Waals surface area (Å²) in [4.78, 5) is 0. The highest BCUT2D eigenvalue weighted by atomic mass is 16.8. The molecule has 4 saturated carbocycles. The lowest BCUT2D eigenvalue weighted by atomic mass is 9.44. The normalized spacial score (nSPS) is 66.0. The van der Waals surface area contributed by atoms with Crippen LogP contribution in [-0.4, -0.2) is 30.7 Å². The molecule has 0 amide bonds.